The number of rotatable bonds is 11. The Bertz CT molecular complexity index is 1550. The Morgan fingerprint density at radius 1 is 0.952 bits per heavy atom. The van der Waals surface area contributed by atoms with E-state index in [9.17, 15) is 9.90 Å². The van der Waals surface area contributed by atoms with Crippen molar-refractivity contribution in [1.29, 1.82) is 0 Å². The number of methoxy groups -OCH3 is 1. The number of nitrogens with one attached hydrogen (secondary N) is 1. The summed E-state index contributed by atoms with van der Waals surface area (Å²) in [5.41, 5.74) is 4.13. The second-order valence-electron chi connectivity index (χ2n) is 9.67. The first kappa shape index (κ1) is 31.9. The minimum absolute atomic E-state index is 0.0572. The first-order valence-electron chi connectivity index (χ1n) is 13.4. The maximum atomic E-state index is 12.9. The summed E-state index contributed by atoms with van der Waals surface area (Å²) in [4.78, 5) is 31.1. The summed E-state index contributed by atoms with van der Waals surface area (Å²) in [6.45, 7) is 3.98. The largest absolute Gasteiger partial charge is 0.497 e. The highest BCUT2D eigenvalue weighted by molar-refractivity contribution is 6.27. The number of aliphatic hydroxyl groups excluding tert-OH is 1. The summed E-state index contributed by atoms with van der Waals surface area (Å²) >= 11 is 0. The van der Waals surface area contributed by atoms with Gasteiger partial charge in [0.25, 0.3) is 5.56 Å². The summed E-state index contributed by atoms with van der Waals surface area (Å²) < 4.78 is 12.8. The molecule has 3 aromatic carbocycles. The molecule has 10 nitrogen and oxygen atoms in total. The van der Waals surface area contributed by atoms with Gasteiger partial charge >= 0.3 is 11.9 Å². The smallest absolute Gasteiger partial charge is 0.414 e. The van der Waals surface area contributed by atoms with Crippen LogP contribution < -0.4 is 20.3 Å². The van der Waals surface area contributed by atoms with Crippen LogP contribution in [-0.4, -0.2) is 64.7 Å². The Hall–Kier alpha value is -4.67. The van der Waals surface area contributed by atoms with E-state index in [-0.39, 0.29) is 5.56 Å². The Balaban J connectivity index is 0.000000730. The second-order valence-corrected chi connectivity index (χ2v) is 9.67. The maximum Gasteiger partial charge on any atom is 0.414 e. The van der Waals surface area contributed by atoms with Gasteiger partial charge in [0.05, 0.1) is 30.9 Å². The third-order valence-corrected chi connectivity index (χ3v) is 6.65. The number of hydrogen-bond donors (Lipinski definition) is 4. The van der Waals surface area contributed by atoms with E-state index in [0.29, 0.717) is 30.7 Å². The minimum Gasteiger partial charge on any atom is -0.497 e. The summed E-state index contributed by atoms with van der Waals surface area (Å²) in [5.74, 6) is -2.19. The van der Waals surface area contributed by atoms with Gasteiger partial charge in [0.15, 0.2) is 0 Å². The van der Waals surface area contributed by atoms with Crippen molar-refractivity contribution in [3.63, 3.8) is 0 Å². The number of carbonyl (C=O) groups is 2. The molecule has 0 radical (unpaired) electrons. The van der Waals surface area contributed by atoms with E-state index in [1.165, 1.54) is 11.1 Å². The van der Waals surface area contributed by atoms with Crippen molar-refractivity contribution in [2.45, 2.75) is 25.9 Å². The van der Waals surface area contributed by atoms with E-state index in [1.54, 1.807) is 24.8 Å². The summed E-state index contributed by atoms with van der Waals surface area (Å²) in [7, 11) is 3.38. The van der Waals surface area contributed by atoms with Crippen molar-refractivity contribution < 1.29 is 34.4 Å². The lowest BCUT2D eigenvalue weighted by Crippen LogP contribution is -2.29. The molecular formula is C32H36N2O8. The van der Waals surface area contributed by atoms with Crippen LogP contribution in [0.5, 0.6) is 11.5 Å². The quantitative estimate of drug-likeness (QED) is 0.155. The molecule has 0 saturated carbocycles. The third kappa shape index (κ3) is 8.92. The lowest BCUT2D eigenvalue weighted by Gasteiger charge is -2.14. The first-order chi connectivity index (χ1) is 20.1. The van der Waals surface area contributed by atoms with Crippen LogP contribution in [0.4, 0.5) is 0 Å². The van der Waals surface area contributed by atoms with Gasteiger partial charge in [0, 0.05) is 13.6 Å². The number of pyridine rings is 1. The van der Waals surface area contributed by atoms with Crippen molar-refractivity contribution in [2.75, 3.05) is 26.8 Å². The molecule has 222 valence electrons. The lowest BCUT2D eigenvalue weighted by molar-refractivity contribution is -0.159. The standard InChI is InChI=1S/C30H34N2O4.C2H2O4/c1-21-7-4-5-8-23(21)17-25(33)20-31-15-6-16-36-26-12-9-22(10-13-26)29-18-24-11-14-27(35-3)19-28(24)30(34)32(29)2;3-1(4)2(5)6/h4-5,7-14,18-19,25,31,33H,6,15-17,20H2,1-3H3;(H,3,4)(H,5,6). The zero-order valence-electron chi connectivity index (χ0n) is 23.9. The van der Waals surface area contributed by atoms with Gasteiger partial charge in [-0.25, -0.2) is 9.59 Å². The Morgan fingerprint density at radius 2 is 1.62 bits per heavy atom. The van der Waals surface area contributed by atoms with E-state index in [2.05, 4.69) is 24.4 Å². The van der Waals surface area contributed by atoms with Crippen LogP contribution in [0, 0.1) is 6.92 Å². The number of fused-ring (bicyclic) bond motifs is 1. The van der Waals surface area contributed by atoms with Crippen LogP contribution in [0.3, 0.4) is 0 Å². The summed E-state index contributed by atoms with van der Waals surface area (Å²) in [6, 6.07) is 23.5. The normalized spacial score (nSPS) is 11.3. The molecule has 1 aromatic heterocycles. The Morgan fingerprint density at radius 3 is 2.26 bits per heavy atom. The van der Waals surface area contributed by atoms with Crippen LogP contribution in [0.15, 0.2) is 77.6 Å². The topological polar surface area (TPSA) is 147 Å². The van der Waals surface area contributed by atoms with Gasteiger partial charge < -0.3 is 34.7 Å². The van der Waals surface area contributed by atoms with Crippen LogP contribution in [0.1, 0.15) is 17.5 Å². The molecule has 0 aliphatic rings. The Labute approximate surface area is 243 Å². The molecule has 10 heteroatoms. The molecule has 0 spiro atoms. The van der Waals surface area contributed by atoms with Gasteiger partial charge in [-0.1, -0.05) is 30.3 Å². The molecule has 42 heavy (non-hydrogen) atoms. The Kier molecular flexibility index (Phi) is 11.7. The molecule has 0 aliphatic heterocycles. The van der Waals surface area contributed by atoms with E-state index in [0.717, 1.165) is 35.4 Å². The van der Waals surface area contributed by atoms with Crippen LogP contribution in [0.2, 0.25) is 0 Å². The van der Waals surface area contributed by atoms with Crippen molar-refractivity contribution in [3.05, 3.63) is 94.3 Å². The zero-order chi connectivity index (χ0) is 30.6. The van der Waals surface area contributed by atoms with Crippen molar-refractivity contribution in [3.8, 4) is 22.8 Å². The number of aryl methyl sites for hydroxylation is 1. The number of benzene rings is 3. The number of aromatic nitrogens is 1. The fourth-order valence-corrected chi connectivity index (χ4v) is 4.33. The van der Waals surface area contributed by atoms with E-state index >= 15 is 0 Å². The van der Waals surface area contributed by atoms with Gasteiger partial charge in [-0.3, -0.25) is 4.79 Å². The van der Waals surface area contributed by atoms with Gasteiger partial charge in [-0.15, -0.1) is 0 Å². The number of aliphatic hydroxyl groups is 1. The first-order valence-corrected chi connectivity index (χ1v) is 13.4. The fraction of sp³-hybridized carbons (Fsp3) is 0.281. The number of carboxylic acids is 2. The molecule has 0 fully saturated rings. The van der Waals surface area contributed by atoms with Crippen molar-refractivity contribution in [2.24, 2.45) is 7.05 Å². The molecule has 4 N–H and O–H groups in total. The van der Waals surface area contributed by atoms with Crippen LogP contribution in [0.25, 0.3) is 22.0 Å². The number of carboxylic acid groups (broad SMARTS) is 2. The molecule has 0 aliphatic carbocycles. The van der Waals surface area contributed by atoms with E-state index in [1.807, 2.05) is 54.6 Å². The predicted molar refractivity (Wildman–Crippen MR) is 160 cm³/mol. The SMILES string of the molecule is COc1ccc2cc(-c3ccc(OCCCNCC(O)Cc4ccccc4C)cc3)n(C)c(=O)c2c1.O=C(O)C(=O)O. The molecule has 4 aromatic rings. The number of nitrogens with zero attached hydrogens (tertiary/aromatic N) is 1. The van der Waals surface area contributed by atoms with Gasteiger partial charge in [0.1, 0.15) is 11.5 Å². The number of ether oxygens (including phenoxy) is 2. The van der Waals surface area contributed by atoms with Gasteiger partial charge in [-0.05, 0) is 90.9 Å². The third-order valence-electron chi connectivity index (χ3n) is 6.65. The second kappa shape index (κ2) is 15.4. The molecule has 0 bridgehead atoms. The van der Waals surface area contributed by atoms with E-state index in [4.69, 9.17) is 29.3 Å². The zero-order valence-corrected chi connectivity index (χ0v) is 23.9. The lowest BCUT2D eigenvalue weighted by atomic mass is 10.0. The average Bonchev–Trinajstić information content (AvgIpc) is 2.98. The van der Waals surface area contributed by atoms with Crippen molar-refractivity contribution >= 4 is 22.7 Å². The van der Waals surface area contributed by atoms with Gasteiger partial charge in [0.2, 0.25) is 0 Å². The molecule has 1 atom stereocenters. The van der Waals surface area contributed by atoms with Crippen LogP contribution >= 0.6 is 0 Å². The molecule has 4 rings (SSSR count). The molecule has 0 saturated heterocycles. The summed E-state index contributed by atoms with van der Waals surface area (Å²) in [6.07, 6.45) is 1.08. The predicted octanol–water partition coefficient (Wildman–Crippen LogP) is 3.64. The monoisotopic (exact) mass is 576 g/mol. The van der Waals surface area contributed by atoms with Crippen LogP contribution in [-0.2, 0) is 23.1 Å². The van der Waals surface area contributed by atoms with Gasteiger partial charge in [-0.2, -0.15) is 0 Å². The van der Waals surface area contributed by atoms with Crippen molar-refractivity contribution in [1.82, 2.24) is 9.88 Å². The molecule has 0 amide bonds. The number of hydrogen-bond acceptors (Lipinski definition) is 7. The molecular weight excluding hydrogens is 540 g/mol. The molecule has 1 unspecified atom stereocenters. The average molecular weight is 577 g/mol. The number of aliphatic carboxylic acids is 2. The maximum absolute atomic E-state index is 12.9. The summed E-state index contributed by atoms with van der Waals surface area (Å²) in [5, 5.41) is 29.9. The molecule has 1 heterocycles. The highest BCUT2D eigenvalue weighted by Gasteiger charge is 2.10. The highest BCUT2D eigenvalue weighted by Crippen LogP contribution is 2.26. The highest BCUT2D eigenvalue weighted by atomic mass is 16.5. The fourth-order valence-electron chi connectivity index (χ4n) is 4.33. The van der Waals surface area contributed by atoms with E-state index < -0.39 is 18.0 Å². The minimum atomic E-state index is -1.82.